The largest absolute Gasteiger partial charge is 0.480 e. The number of ether oxygens (including phenoxy) is 1. The third kappa shape index (κ3) is 3.91. The smallest absolute Gasteiger partial charge is 0.236 e. The summed E-state index contributed by atoms with van der Waals surface area (Å²) in [5.74, 6) is 1.39. The summed E-state index contributed by atoms with van der Waals surface area (Å²) in [5, 5.41) is 12.8. The van der Waals surface area contributed by atoms with E-state index in [1.807, 2.05) is 17.2 Å². The van der Waals surface area contributed by atoms with Crippen LogP contribution in [0.4, 0.5) is 0 Å². The fourth-order valence-electron chi connectivity index (χ4n) is 4.55. The van der Waals surface area contributed by atoms with Gasteiger partial charge in [0.1, 0.15) is 0 Å². The van der Waals surface area contributed by atoms with Crippen LogP contribution in [0.25, 0.3) is 5.82 Å². The number of methoxy groups -OCH3 is 1. The van der Waals surface area contributed by atoms with Crippen LogP contribution < -0.4 is 4.74 Å². The van der Waals surface area contributed by atoms with Crippen LogP contribution in [-0.2, 0) is 17.8 Å². The van der Waals surface area contributed by atoms with Crippen LogP contribution >= 0.6 is 0 Å². The van der Waals surface area contributed by atoms with Gasteiger partial charge in [-0.1, -0.05) is 6.42 Å². The van der Waals surface area contributed by atoms with Gasteiger partial charge >= 0.3 is 0 Å². The molecule has 0 unspecified atom stereocenters. The molecule has 30 heavy (non-hydrogen) atoms. The molecule has 5 rings (SSSR count). The number of aromatic nitrogens is 4. The first-order valence-electron chi connectivity index (χ1n) is 10.9. The number of carbonyl (C=O) groups excluding carboxylic acids is 1. The van der Waals surface area contributed by atoms with E-state index in [0.717, 1.165) is 63.0 Å². The molecule has 2 fully saturated rings. The van der Waals surface area contributed by atoms with Gasteiger partial charge in [-0.3, -0.25) is 14.6 Å². The molecule has 1 aliphatic carbocycles. The molecule has 0 bridgehead atoms. The molecule has 0 aromatic carbocycles. The van der Waals surface area contributed by atoms with Gasteiger partial charge < -0.3 is 9.64 Å². The number of carbonyl (C=O) groups is 1. The van der Waals surface area contributed by atoms with E-state index < -0.39 is 0 Å². The zero-order valence-electron chi connectivity index (χ0n) is 17.5. The van der Waals surface area contributed by atoms with Crippen molar-refractivity contribution in [3.05, 3.63) is 29.6 Å². The van der Waals surface area contributed by atoms with Gasteiger partial charge in [0.2, 0.25) is 11.8 Å². The average molecular weight is 412 g/mol. The Morgan fingerprint density at radius 3 is 2.63 bits per heavy atom. The number of piperazine rings is 1. The molecular weight excluding hydrogens is 382 g/mol. The summed E-state index contributed by atoms with van der Waals surface area (Å²) in [7, 11) is 1.57. The molecule has 4 heterocycles. The maximum absolute atomic E-state index is 12.8. The number of rotatable bonds is 5. The Hall–Kier alpha value is -2.52. The molecule has 0 N–H and O–H groups in total. The Bertz CT molecular complexity index is 885. The van der Waals surface area contributed by atoms with Crippen LogP contribution in [0.2, 0.25) is 0 Å². The Morgan fingerprint density at radius 2 is 1.97 bits per heavy atom. The minimum atomic E-state index is 0.250. The van der Waals surface area contributed by atoms with Crippen molar-refractivity contribution in [2.75, 3.05) is 46.4 Å². The molecule has 0 spiro atoms. The standard InChI is InChI=1S/C21H29N7O2/c1-30-20-6-5-19(22-23-20)28-14-16-13-25(8-7-18(16)24-28)15-21(29)27-11-9-26(10-12-27)17-3-2-4-17/h5-6,14,17H,2-4,7-13,15H2,1H3. The predicted molar refractivity (Wildman–Crippen MR) is 110 cm³/mol. The van der Waals surface area contributed by atoms with Crippen molar-refractivity contribution in [3.63, 3.8) is 0 Å². The first-order valence-corrected chi connectivity index (χ1v) is 10.9. The van der Waals surface area contributed by atoms with Crippen LogP contribution in [0.5, 0.6) is 5.88 Å². The van der Waals surface area contributed by atoms with Crippen molar-refractivity contribution in [2.45, 2.75) is 38.3 Å². The molecular formula is C21H29N7O2. The molecule has 0 atom stereocenters. The zero-order valence-corrected chi connectivity index (χ0v) is 17.5. The summed E-state index contributed by atoms with van der Waals surface area (Å²) in [6.07, 6.45) is 6.87. The van der Waals surface area contributed by atoms with Crippen molar-refractivity contribution in [2.24, 2.45) is 0 Å². The molecule has 2 aliphatic heterocycles. The second-order valence-electron chi connectivity index (χ2n) is 8.44. The minimum absolute atomic E-state index is 0.250. The quantitative estimate of drug-likeness (QED) is 0.717. The number of fused-ring (bicyclic) bond motifs is 1. The highest BCUT2D eigenvalue weighted by Gasteiger charge is 2.30. The number of hydrogen-bond acceptors (Lipinski definition) is 7. The number of nitrogens with zero attached hydrogens (tertiary/aromatic N) is 7. The number of hydrogen-bond donors (Lipinski definition) is 0. The van der Waals surface area contributed by atoms with Crippen LogP contribution in [0, 0.1) is 0 Å². The monoisotopic (exact) mass is 411 g/mol. The topological polar surface area (TPSA) is 79.6 Å². The van der Waals surface area contributed by atoms with Gasteiger partial charge in [0.25, 0.3) is 0 Å². The van der Waals surface area contributed by atoms with Gasteiger partial charge in [0.15, 0.2) is 5.82 Å². The Balaban J connectivity index is 1.16. The van der Waals surface area contributed by atoms with Crippen molar-refractivity contribution in [3.8, 4) is 11.7 Å². The van der Waals surface area contributed by atoms with E-state index in [-0.39, 0.29) is 5.91 Å². The van der Waals surface area contributed by atoms with Crippen LogP contribution in [0.1, 0.15) is 30.5 Å². The summed E-state index contributed by atoms with van der Waals surface area (Å²) in [5.41, 5.74) is 2.23. The molecule has 160 valence electrons. The van der Waals surface area contributed by atoms with Crippen LogP contribution in [0.3, 0.4) is 0 Å². The van der Waals surface area contributed by atoms with Gasteiger partial charge in [-0.05, 0) is 18.9 Å². The summed E-state index contributed by atoms with van der Waals surface area (Å²) in [6, 6.07) is 4.39. The summed E-state index contributed by atoms with van der Waals surface area (Å²) in [4.78, 5) is 19.7. The summed E-state index contributed by atoms with van der Waals surface area (Å²) in [6.45, 7) is 5.85. The lowest BCUT2D eigenvalue weighted by Gasteiger charge is -2.43. The van der Waals surface area contributed by atoms with Crippen LogP contribution in [-0.4, -0.2) is 93.0 Å². The van der Waals surface area contributed by atoms with Crippen LogP contribution in [0.15, 0.2) is 18.3 Å². The normalized spacial score (nSPS) is 20.6. The first-order chi connectivity index (χ1) is 14.7. The molecule has 1 saturated carbocycles. The minimum Gasteiger partial charge on any atom is -0.480 e. The molecule has 3 aliphatic rings. The fraction of sp³-hybridized carbons (Fsp3) is 0.619. The van der Waals surface area contributed by atoms with E-state index in [4.69, 9.17) is 4.74 Å². The first kappa shape index (κ1) is 19.4. The van der Waals surface area contributed by atoms with Gasteiger partial charge in [0.05, 0.1) is 19.3 Å². The molecule has 9 nitrogen and oxygen atoms in total. The average Bonchev–Trinajstić information content (AvgIpc) is 3.16. The highest BCUT2D eigenvalue weighted by atomic mass is 16.5. The van der Waals surface area contributed by atoms with E-state index in [1.165, 1.54) is 19.3 Å². The lowest BCUT2D eigenvalue weighted by Crippen LogP contribution is -2.55. The van der Waals surface area contributed by atoms with Gasteiger partial charge in [-0.15, -0.1) is 10.2 Å². The maximum Gasteiger partial charge on any atom is 0.236 e. The van der Waals surface area contributed by atoms with E-state index >= 15 is 0 Å². The SMILES string of the molecule is COc1ccc(-n2cc3c(n2)CCN(CC(=O)N2CCN(C4CCC4)CC2)C3)nn1. The number of amides is 1. The van der Waals surface area contributed by atoms with Gasteiger partial charge in [-0.2, -0.15) is 5.10 Å². The molecule has 2 aromatic heterocycles. The van der Waals surface area contributed by atoms with Crippen molar-refractivity contribution >= 4 is 5.91 Å². The Morgan fingerprint density at radius 1 is 1.13 bits per heavy atom. The summed E-state index contributed by atoms with van der Waals surface area (Å²) >= 11 is 0. The van der Waals surface area contributed by atoms with E-state index in [9.17, 15) is 4.79 Å². The van der Waals surface area contributed by atoms with Crippen molar-refractivity contribution < 1.29 is 9.53 Å². The molecule has 1 saturated heterocycles. The third-order valence-electron chi connectivity index (χ3n) is 6.62. The molecule has 0 radical (unpaired) electrons. The van der Waals surface area contributed by atoms with Crippen molar-refractivity contribution in [1.82, 2.24) is 34.7 Å². The summed E-state index contributed by atoms with van der Waals surface area (Å²) < 4.78 is 6.83. The van der Waals surface area contributed by atoms with Gasteiger partial charge in [0, 0.05) is 69.6 Å². The second kappa shape index (κ2) is 8.31. The van der Waals surface area contributed by atoms with E-state index in [1.54, 1.807) is 17.9 Å². The Kier molecular flexibility index (Phi) is 5.39. The van der Waals surface area contributed by atoms with Gasteiger partial charge in [-0.25, -0.2) is 4.68 Å². The van der Waals surface area contributed by atoms with Crippen molar-refractivity contribution in [1.29, 1.82) is 0 Å². The molecule has 2 aromatic rings. The van der Waals surface area contributed by atoms with E-state index in [2.05, 4.69) is 25.1 Å². The maximum atomic E-state index is 12.8. The second-order valence-corrected chi connectivity index (χ2v) is 8.44. The zero-order chi connectivity index (χ0) is 20.5. The van der Waals surface area contributed by atoms with E-state index in [0.29, 0.717) is 18.2 Å². The highest BCUT2D eigenvalue weighted by Crippen LogP contribution is 2.25. The predicted octanol–water partition coefficient (Wildman–Crippen LogP) is 0.726. The third-order valence-corrected chi connectivity index (χ3v) is 6.62. The molecule has 1 amide bonds. The Labute approximate surface area is 176 Å². The fourth-order valence-corrected chi connectivity index (χ4v) is 4.55. The molecule has 9 heteroatoms. The highest BCUT2D eigenvalue weighted by molar-refractivity contribution is 5.78. The lowest BCUT2D eigenvalue weighted by atomic mass is 9.91. The lowest BCUT2D eigenvalue weighted by molar-refractivity contribution is -0.135.